The highest BCUT2D eigenvalue weighted by Gasteiger charge is 2.59. The third-order valence-electron chi connectivity index (χ3n) is 7.11. The first-order valence-corrected chi connectivity index (χ1v) is 10.2. The van der Waals surface area contributed by atoms with Crippen LogP contribution in [0.4, 0.5) is 0 Å². The molecule has 0 saturated carbocycles. The first kappa shape index (κ1) is 19.1. The standard InChI is InChI=1S/C27H32O/c1-9-27-18-11-10-17-12-19(24(2,3)4)14-21(26(17,27)8)16-23(28)22(27)15-20(13-18)25(5,6)7/h9-16,28H,1H2,2-8H3/t26-,27-/m0/s1. The van der Waals surface area contributed by atoms with Crippen molar-refractivity contribution in [3.8, 4) is 0 Å². The highest BCUT2D eigenvalue weighted by molar-refractivity contribution is 5.72. The van der Waals surface area contributed by atoms with E-state index in [0.29, 0.717) is 5.76 Å². The SMILES string of the molecule is C=C[C@]12C3=CC(C(C)(C)C)=CC1=C(O)C=C1C=C(C(C)(C)C)C=C(C=C3)[C@@]12C. The van der Waals surface area contributed by atoms with Gasteiger partial charge in [0.05, 0.1) is 5.41 Å². The average Bonchev–Trinajstić information content (AvgIpc) is 2.58. The summed E-state index contributed by atoms with van der Waals surface area (Å²) in [5, 5.41) is 11.2. The highest BCUT2D eigenvalue weighted by Crippen LogP contribution is 2.67. The Balaban J connectivity index is 2.10. The van der Waals surface area contributed by atoms with E-state index >= 15 is 0 Å². The number of aliphatic hydroxyl groups is 1. The van der Waals surface area contributed by atoms with Crippen LogP contribution in [0.3, 0.4) is 0 Å². The van der Waals surface area contributed by atoms with Crippen LogP contribution in [0.1, 0.15) is 48.5 Å². The predicted octanol–water partition coefficient (Wildman–Crippen LogP) is 7.31. The van der Waals surface area contributed by atoms with E-state index in [2.05, 4.69) is 97.6 Å². The fourth-order valence-electron chi connectivity index (χ4n) is 5.15. The average molecular weight is 373 g/mol. The summed E-state index contributed by atoms with van der Waals surface area (Å²) in [7, 11) is 0. The van der Waals surface area contributed by atoms with E-state index in [0.717, 1.165) is 5.57 Å². The monoisotopic (exact) mass is 372 g/mol. The summed E-state index contributed by atoms with van der Waals surface area (Å²) < 4.78 is 0. The van der Waals surface area contributed by atoms with Gasteiger partial charge in [-0.05, 0) is 51.7 Å². The molecule has 0 aliphatic heterocycles. The van der Waals surface area contributed by atoms with E-state index in [4.69, 9.17) is 0 Å². The van der Waals surface area contributed by atoms with Gasteiger partial charge in [0.2, 0.25) is 0 Å². The zero-order valence-electron chi connectivity index (χ0n) is 18.3. The summed E-state index contributed by atoms with van der Waals surface area (Å²) in [5.41, 5.74) is 6.51. The van der Waals surface area contributed by atoms with Gasteiger partial charge in [-0.3, -0.25) is 0 Å². The van der Waals surface area contributed by atoms with Gasteiger partial charge >= 0.3 is 0 Å². The Kier molecular flexibility index (Phi) is 3.68. The molecular formula is C27H32O. The molecule has 0 heterocycles. The van der Waals surface area contributed by atoms with Crippen molar-refractivity contribution in [1.29, 1.82) is 0 Å². The molecule has 0 aromatic rings. The first-order valence-electron chi connectivity index (χ1n) is 10.2. The third kappa shape index (κ3) is 2.19. The van der Waals surface area contributed by atoms with Crippen LogP contribution in [0.2, 0.25) is 0 Å². The second kappa shape index (κ2) is 5.41. The molecule has 0 bridgehead atoms. The highest BCUT2D eigenvalue weighted by atomic mass is 16.3. The van der Waals surface area contributed by atoms with Crippen molar-refractivity contribution in [3.63, 3.8) is 0 Å². The molecule has 0 aromatic carbocycles. The molecule has 4 aliphatic rings. The molecule has 0 fully saturated rings. The lowest BCUT2D eigenvalue weighted by Gasteiger charge is -2.57. The van der Waals surface area contributed by atoms with Gasteiger partial charge in [-0.25, -0.2) is 0 Å². The molecule has 1 nitrogen and oxygen atoms in total. The lowest BCUT2D eigenvalue weighted by molar-refractivity contribution is 0.262. The van der Waals surface area contributed by atoms with Gasteiger partial charge in [-0.15, -0.1) is 6.58 Å². The second-order valence-electron chi connectivity index (χ2n) is 10.8. The molecule has 0 unspecified atom stereocenters. The quantitative estimate of drug-likeness (QED) is 0.478. The van der Waals surface area contributed by atoms with E-state index < -0.39 is 5.41 Å². The molecule has 0 spiro atoms. The van der Waals surface area contributed by atoms with Crippen molar-refractivity contribution in [2.45, 2.75) is 48.5 Å². The Hall–Kier alpha value is -2.28. The Morgan fingerprint density at radius 2 is 1.32 bits per heavy atom. The van der Waals surface area contributed by atoms with E-state index in [1.165, 1.54) is 27.9 Å². The lowest BCUT2D eigenvalue weighted by Crippen LogP contribution is -2.49. The van der Waals surface area contributed by atoms with Crippen LogP contribution in [0.15, 0.2) is 94.4 Å². The molecule has 4 rings (SSSR count). The van der Waals surface area contributed by atoms with E-state index in [-0.39, 0.29) is 16.2 Å². The number of hydrogen-bond acceptors (Lipinski definition) is 1. The van der Waals surface area contributed by atoms with Crippen molar-refractivity contribution in [3.05, 3.63) is 94.4 Å². The van der Waals surface area contributed by atoms with Gasteiger partial charge < -0.3 is 5.11 Å². The Labute approximate surface area is 169 Å². The molecule has 2 atom stereocenters. The van der Waals surface area contributed by atoms with Gasteiger partial charge in [0, 0.05) is 11.0 Å². The summed E-state index contributed by atoms with van der Waals surface area (Å²) in [6.07, 6.45) is 17.7. The Morgan fingerprint density at radius 3 is 1.89 bits per heavy atom. The zero-order chi connectivity index (χ0) is 20.7. The molecular weight excluding hydrogens is 340 g/mol. The van der Waals surface area contributed by atoms with Crippen LogP contribution in [0.5, 0.6) is 0 Å². The molecule has 0 amide bonds. The van der Waals surface area contributed by atoms with Crippen LogP contribution in [-0.2, 0) is 0 Å². The molecule has 28 heavy (non-hydrogen) atoms. The molecule has 146 valence electrons. The smallest absolute Gasteiger partial charge is 0.120 e. The maximum atomic E-state index is 11.2. The zero-order valence-corrected chi connectivity index (χ0v) is 18.3. The molecule has 0 radical (unpaired) electrons. The number of hydrogen-bond donors (Lipinski definition) is 1. The Morgan fingerprint density at radius 1 is 0.786 bits per heavy atom. The minimum absolute atomic E-state index is 0.00827. The van der Waals surface area contributed by atoms with Crippen molar-refractivity contribution in [1.82, 2.24) is 0 Å². The third-order valence-corrected chi connectivity index (χ3v) is 7.11. The Bertz CT molecular complexity index is 1000. The summed E-state index contributed by atoms with van der Waals surface area (Å²) >= 11 is 0. The number of allylic oxidation sites excluding steroid dienone is 14. The van der Waals surface area contributed by atoms with Crippen molar-refractivity contribution in [2.24, 2.45) is 21.7 Å². The minimum Gasteiger partial charge on any atom is -0.508 e. The topological polar surface area (TPSA) is 20.2 Å². The van der Waals surface area contributed by atoms with Gasteiger partial charge in [0.15, 0.2) is 0 Å². The van der Waals surface area contributed by atoms with Gasteiger partial charge in [-0.1, -0.05) is 84.1 Å². The van der Waals surface area contributed by atoms with Crippen molar-refractivity contribution >= 4 is 0 Å². The van der Waals surface area contributed by atoms with E-state index in [1.54, 1.807) is 0 Å². The summed E-state index contributed by atoms with van der Waals surface area (Å²) in [6.45, 7) is 20.0. The predicted molar refractivity (Wildman–Crippen MR) is 119 cm³/mol. The second-order valence-corrected chi connectivity index (χ2v) is 10.8. The molecule has 4 aliphatic carbocycles. The van der Waals surface area contributed by atoms with Crippen molar-refractivity contribution in [2.75, 3.05) is 0 Å². The van der Waals surface area contributed by atoms with Gasteiger partial charge in [0.25, 0.3) is 0 Å². The molecule has 0 saturated heterocycles. The number of aliphatic hydroxyl groups excluding tert-OH is 1. The fraction of sp³-hybridized carbons (Fsp3) is 0.407. The lowest BCUT2D eigenvalue weighted by atomic mass is 9.44. The summed E-state index contributed by atoms with van der Waals surface area (Å²) in [5.74, 6) is 0.362. The van der Waals surface area contributed by atoms with Crippen molar-refractivity contribution < 1.29 is 5.11 Å². The largest absolute Gasteiger partial charge is 0.508 e. The number of rotatable bonds is 1. The van der Waals surface area contributed by atoms with Gasteiger partial charge in [0.1, 0.15) is 5.76 Å². The molecule has 1 N–H and O–H groups in total. The van der Waals surface area contributed by atoms with E-state index in [1.807, 2.05) is 6.08 Å². The normalized spacial score (nSPS) is 31.3. The van der Waals surface area contributed by atoms with E-state index in [9.17, 15) is 5.11 Å². The van der Waals surface area contributed by atoms with Crippen LogP contribution in [0, 0.1) is 21.7 Å². The van der Waals surface area contributed by atoms with Crippen LogP contribution < -0.4 is 0 Å². The van der Waals surface area contributed by atoms with Crippen LogP contribution in [0.25, 0.3) is 0 Å². The summed E-state index contributed by atoms with van der Waals surface area (Å²) in [4.78, 5) is 0. The van der Waals surface area contributed by atoms with Gasteiger partial charge in [-0.2, -0.15) is 0 Å². The first-order chi connectivity index (χ1) is 12.9. The maximum Gasteiger partial charge on any atom is 0.120 e. The minimum atomic E-state index is -0.448. The maximum absolute atomic E-state index is 11.2. The van der Waals surface area contributed by atoms with Crippen LogP contribution >= 0.6 is 0 Å². The molecule has 0 aromatic heterocycles. The van der Waals surface area contributed by atoms with Crippen LogP contribution in [-0.4, -0.2) is 5.11 Å². The summed E-state index contributed by atoms with van der Waals surface area (Å²) in [6, 6.07) is 0. The molecule has 1 heteroatoms. The fourth-order valence-corrected chi connectivity index (χ4v) is 5.15.